The van der Waals surface area contributed by atoms with Crippen molar-refractivity contribution in [1.29, 1.82) is 0 Å². The van der Waals surface area contributed by atoms with Crippen LogP contribution in [-0.2, 0) is 81.6 Å². The van der Waals surface area contributed by atoms with E-state index in [1.54, 1.807) is 66.0 Å². The van der Waals surface area contributed by atoms with Crippen LogP contribution in [0.2, 0.25) is 0 Å². The van der Waals surface area contributed by atoms with Gasteiger partial charge in [-0.15, -0.1) is 0 Å². The van der Waals surface area contributed by atoms with Crippen LogP contribution in [0.5, 0.6) is 0 Å². The Balaban J connectivity index is 1.22. The molecular formula is C56H90N4O20S. The van der Waals surface area contributed by atoms with E-state index in [1.807, 2.05) is 32.0 Å². The highest BCUT2D eigenvalue weighted by atomic mass is 32.2. The monoisotopic (exact) mass is 1170 g/mol. The number of carbonyl (C=O) groups is 2. The van der Waals surface area contributed by atoms with Gasteiger partial charge in [-0.2, -0.15) is 8.42 Å². The molecule has 0 unspecified atom stereocenters. The van der Waals surface area contributed by atoms with Gasteiger partial charge in [-0.3, -0.25) is 13.8 Å². The number of pyridine rings is 1. The molecule has 0 amide bonds. The van der Waals surface area contributed by atoms with Crippen molar-refractivity contribution in [2.45, 2.75) is 205 Å². The van der Waals surface area contributed by atoms with E-state index in [4.69, 9.17) is 46.9 Å². The molecule has 18 atom stereocenters. The number of benzene rings is 1. The number of hydrogen-bond donors (Lipinski definition) is 6. The fraction of sp³-hybridized carbons (Fsp3) is 0.786. The molecule has 460 valence electrons. The number of ether oxygens (including phenoxy) is 8. The summed E-state index contributed by atoms with van der Waals surface area (Å²) < 4.78 is 84.3. The van der Waals surface area contributed by atoms with Gasteiger partial charge >= 0.3 is 11.9 Å². The van der Waals surface area contributed by atoms with Crippen LogP contribution >= 0.6 is 0 Å². The number of likely N-dealkylation sites (N-methyl/N-ethyl adjacent to an activating group) is 1. The number of rotatable bonds is 20. The first-order valence-electron chi connectivity index (χ1n) is 28.1. The van der Waals surface area contributed by atoms with Crippen LogP contribution in [0.15, 0.2) is 28.3 Å². The molecule has 1 aromatic carbocycles. The number of cyclic esters (lactones) is 1. The maximum atomic E-state index is 14.7. The van der Waals surface area contributed by atoms with Crippen molar-refractivity contribution in [2.24, 2.45) is 28.8 Å². The van der Waals surface area contributed by atoms with E-state index in [9.17, 15) is 48.3 Å². The standard InChI is InChI=1S/C56H90N4O20S/c1-15-41-56(10,68)48(63)32(4)43(58-74-29-71-13)30(2)24-54(8,67)49(79-53-46(62)40(59(11)12)21-31(3)75-53)33(5)47(34(6)52(66)77-41)78-42-25-55(9,72-14)50(35(7)76-42)80-81(69,70)20-19-57-18-16-17-36-22-37-27-73-28-60-26-39(51(64)65)45(61)38(23-36)44(37)60/h22-23,26,30-35,40-42,46-50,53,57,62-63,67-68H,15-21,24-25,27-29H2,1-14H3,(H,64,65)/t30-,31-,32+,33+,34-,35+,40+,41-,42+,46-,47+,48-,49-,50+,53+,54-,55-,56-/m1/s1. The van der Waals surface area contributed by atoms with Crippen molar-refractivity contribution in [3.63, 3.8) is 0 Å². The van der Waals surface area contributed by atoms with Crippen LogP contribution in [0, 0.1) is 23.7 Å². The average molecular weight is 1170 g/mol. The molecule has 0 radical (unpaired) electrons. The zero-order chi connectivity index (χ0) is 60.1. The second kappa shape index (κ2) is 27.5. The fourth-order valence-electron chi connectivity index (χ4n) is 12.3. The summed E-state index contributed by atoms with van der Waals surface area (Å²) in [6, 6.07) is 3.23. The third-order valence-electron chi connectivity index (χ3n) is 16.8. The summed E-state index contributed by atoms with van der Waals surface area (Å²) in [6.45, 7) is 17.1. The third-order valence-corrected chi connectivity index (χ3v) is 18.0. The number of carbonyl (C=O) groups excluding carboxylic acids is 1. The Labute approximate surface area is 475 Å². The largest absolute Gasteiger partial charge is 0.477 e. The SMILES string of the molecule is CC[C@H]1OC(=O)[C@H](C)[C@@H](O[C@H]2C[C@@](C)(OC)[C@@H](OS(=O)(=O)CCNCCCc3cc4c5c(c3)c(=O)c(C(=O)O)cn5COC4)[C@H](C)O2)[C@H](C)[C@@H](O[C@@H]2O[C@H](C)C[C@H](N(C)C)[C@H]2O)[C@](C)(O)C[C@@H](C)C(=NOCOC)[C@H](C)[C@@H](O)[C@]1(C)O. The van der Waals surface area contributed by atoms with Gasteiger partial charge in [-0.25, -0.2) is 4.79 Å². The smallest absolute Gasteiger partial charge is 0.341 e. The Hall–Kier alpha value is -3.77. The van der Waals surface area contributed by atoms with E-state index in [0.717, 1.165) is 11.1 Å². The maximum absolute atomic E-state index is 14.7. The fourth-order valence-corrected chi connectivity index (χ4v) is 13.5. The zero-order valence-electron chi connectivity index (χ0n) is 49.5. The predicted octanol–water partition coefficient (Wildman–Crippen LogP) is 3.27. The number of carboxylic acid groups (broad SMARTS) is 1. The number of aryl methyl sites for hydroxylation is 1. The Morgan fingerprint density at radius 1 is 0.963 bits per heavy atom. The summed E-state index contributed by atoms with van der Waals surface area (Å²) in [7, 11) is 2.26. The molecular weight excluding hydrogens is 1080 g/mol. The van der Waals surface area contributed by atoms with E-state index < -0.39 is 135 Å². The van der Waals surface area contributed by atoms with Crippen molar-refractivity contribution < 1.29 is 90.5 Å². The molecule has 5 heterocycles. The molecule has 0 saturated carbocycles. The minimum Gasteiger partial charge on any atom is -0.477 e. The van der Waals surface area contributed by atoms with Gasteiger partial charge in [-0.05, 0) is 106 Å². The zero-order valence-corrected chi connectivity index (χ0v) is 50.3. The number of aliphatic hydroxyl groups excluding tert-OH is 2. The highest BCUT2D eigenvalue weighted by Gasteiger charge is 2.54. The highest BCUT2D eigenvalue weighted by Crippen LogP contribution is 2.42. The summed E-state index contributed by atoms with van der Waals surface area (Å²) >= 11 is 0. The maximum Gasteiger partial charge on any atom is 0.341 e. The number of aromatic carboxylic acids is 1. The number of hydrogen-bond acceptors (Lipinski definition) is 22. The van der Waals surface area contributed by atoms with Gasteiger partial charge in [0.25, 0.3) is 10.1 Å². The first kappa shape index (κ1) is 66.4. The van der Waals surface area contributed by atoms with Crippen LogP contribution in [0.4, 0.5) is 0 Å². The molecule has 1 aromatic heterocycles. The average Bonchev–Trinajstić information content (AvgIpc) is 3.57. The van der Waals surface area contributed by atoms with Gasteiger partial charge in [0.15, 0.2) is 12.6 Å². The normalized spacial score (nSPS) is 37.0. The van der Waals surface area contributed by atoms with E-state index in [0.29, 0.717) is 36.7 Å². The van der Waals surface area contributed by atoms with Crippen LogP contribution in [0.1, 0.15) is 123 Å². The summed E-state index contributed by atoms with van der Waals surface area (Å²) in [5.74, 6) is -6.31. The van der Waals surface area contributed by atoms with Gasteiger partial charge in [0.05, 0.1) is 71.2 Å². The molecule has 24 nitrogen and oxygen atoms in total. The minimum atomic E-state index is -4.24. The Morgan fingerprint density at radius 2 is 1.67 bits per heavy atom. The van der Waals surface area contributed by atoms with Crippen LogP contribution in [-0.4, -0.2) is 199 Å². The topological polar surface area (TPSA) is 311 Å². The molecule has 3 fully saturated rings. The van der Waals surface area contributed by atoms with Crippen LogP contribution in [0.25, 0.3) is 10.9 Å². The van der Waals surface area contributed by atoms with Crippen molar-refractivity contribution in [3.05, 3.63) is 45.2 Å². The number of methoxy groups -OCH3 is 2. The predicted molar refractivity (Wildman–Crippen MR) is 295 cm³/mol. The van der Waals surface area contributed by atoms with E-state index in [1.165, 1.54) is 27.3 Å². The molecule has 2 aromatic rings. The van der Waals surface area contributed by atoms with E-state index in [-0.39, 0.29) is 63.3 Å². The highest BCUT2D eigenvalue weighted by molar-refractivity contribution is 7.86. The molecule has 0 aliphatic carbocycles. The Bertz CT molecular complexity index is 2670. The number of nitrogens with zero attached hydrogens (tertiary/aromatic N) is 3. The van der Waals surface area contributed by atoms with Crippen molar-refractivity contribution in [3.8, 4) is 0 Å². The molecule has 3 saturated heterocycles. The second-order valence-corrected chi connectivity index (χ2v) is 25.3. The van der Waals surface area contributed by atoms with Gasteiger partial charge in [-0.1, -0.05) is 38.9 Å². The van der Waals surface area contributed by atoms with Gasteiger partial charge in [0, 0.05) is 68.1 Å². The van der Waals surface area contributed by atoms with E-state index >= 15 is 0 Å². The molecule has 4 aliphatic heterocycles. The lowest BCUT2D eigenvalue weighted by Crippen LogP contribution is -2.61. The molecule has 0 spiro atoms. The van der Waals surface area contributed by atoms with Gasteiger partial charge < -0.3 is 83.0 Å². The quantitative estimate of drug-likeness (QED) is 0.0364. The molecule has 0 bridgehead atoms. The molecule has 4 aliphatic rings. The molecule has 25 heteroatoms. The Kier molecular flexibility index (Phi) is 22.5. The summed E-state index contributed by atoms with van der Waals surface area (Å²) in [4.78, 5) is 47.0. The number of oxime groups is 1. The van der Waals surface area contributed by atoms with Crippen LogP contribution < -0.4 is 10.7 Å². The van der Waals surface area contributed by atoms with Crippen molar-refractivity contribution in [1.82, 2.24) is 14.8 Å². The second-order valence-electron chi connectivity index (χ2n) is 23.6. The summed E-state index contributed by atoms with van der Waals surface area (Å²) in [5, 5.41) is 66.2. The lowest BCUT2D eigenvalue weighted by Gasteiger charge is -2.49. The number of aliphatic hydroxyl groups is 4. The van der Waals surface area contributed by atoms with Gasteiger partial charge in [0.1, 0.15) is 36.2 Å². The number of esters is 1. The lowest BCUT2D eigenvalue weighted by atomic mass is 9.73. The van der Waals surface area contributed by atoms with Crippen LogP contribution in [0.3, 0.4) is 0 Å². The molecule has 81 heavy (non-hydrogen) atoms. The molecule has 6 rings (SSSR count). The summed E-state index contributed by atoms with van der Waals surface area (Å²) in [5.41, 5.74) is -3.70. The first-order chi connectivity index (χ1) is 37.9. The number of aromatic nitrogens is 1. The van der Waals surface area contributed by atoms with Crippen molar-refractivity contribution >= 4 is 38.7 Å². The Morgan fingerprint density at radius 3 is 2.31 bits per heavy atom. The van der Waals surface area contributed by atoms with Crippen molar-refractivity contribution in [2.75, 3.05) is 54.0 Å². The summed E-state index contributed by atoms with van der Waals surface area (Å²) in [6.07, 6.45) is -8.83. The van der Waals surface area contributed by atoms with E-state index in [2.05, 4.69) is 10.5 Å². The number of nitrogens with one attached hydrogen (secondary N) is 1. The first-order valence-corrected chi connectivity index (χ1v) is 29.6. The lowest BCUT2D eigenvalue weighted by molar-refractivity contribution is -0.316. The van der Waals surface area contributed by atoms with Gasteiger partial charge in [0.2, 0.25) is 12.2 Å². The third kappa shape index (κ3) is 15.4. The number of carboxylic acids is 1. The minimum absolute atomic E-state index is 0.0300. The molecule has 6 N–H and O–H groups in total.